The van der Waals surface area contributed by atoms with Gasteiger partial charge < -0.3 is 19.9 Å². The minimum atomic E-state index is -0.954. The Morgan fingerprint density at radius 1 is 1.24 bits per heavy atom. The summed E-state index contributed by atoms with van der Waals surface area (Å²) in [6.45, 7) is 5.77. The number of fused-ring (bicyclic) bond motifs is 3. The second kappa shape index (κ2) is 7.89. The molecular weight excluding hydrogens is 417 g/mol. The quantitative estimate of drug-likeness (QED) is 0.784. The number of rotatable bonds is 3. The number of nitrogens with one attached hydrogen (secondary N) is 1. The van der Waals surface area contributed by atoms with E-state index in [1.54, 1.807) is 6.20 Å². The Labute approximate surface area is 192 Å². The second-order valence-electron chi connectivity index (χ2n) is 9.24. The summed E-state index contributed by atoms with van der Waals surface area (Å²) in [5.74, 6) is 0.791. The fourth-order valence-electron chi connectivity index (χ4n) is 5.52. The lowest BCUT2D eigenvalue weighted by atomic mass is 9.97. The van der Waals surface area contributed by atoms with Crippen LogP contribution < -0.4 is 10.2 Å². The van der Waals surface area contributed by atoms with Gasteiger partial charge in [0.05, 0.1) is 17.6 Å². The van der Waals surface area contributed by atoms with Gasteiger partial charge in [0.25, 0.3) is 0 Å². The Balaban J connectivity index is 1.30. The third-order valence-electron chi connectivity index (χ3n) is 7.19. The molecule has 33 heavy (non-hydrogen) atoms. The molecule has 0 amide bonds. The zero-order valence-corrected chi connectivity index (χ0v) is 18.6. The van der Waals surface area contributed by atoms with Crippen molar-refractivity contribution < 1.29 is 9.13 Å². The van der Waals surface area contributed by atoms with Crippen LogP contribution in [-0.4, -0.2) is 60.9 Å². The zero-order valence-electron chi connectivity index (χ0n) is 18.6. The molecule has 2 fully saturated rings. The Morgan fingerprint density at radius 2 is 2.15 bits per heavy atom. The average Bonchev–Trinajstić information content (AvgIpc) is 3.41. The van der Waals surface area contributed by atoms with Crippen LogP contribution in [0.1, 0.15) is 18.9 Å². The first-order valence-corrected chi connectivity index (χ1v) is 11.6. The highest BCUT2D eigenvalue weighted by atomic mass is 19.1. The van der Waals surface area contributed by atoms with E-state index < -0.39 is 12.3 Å². The van der Waals surface area contributed by atoms with Crippen molar-refractivity contribution in [1.82, 2.24) is 15.2 Å². The molecule has 2 aromatic rings. The monoisotopic (exact) mass is 443 g/mol. The molecule has 4 aliphatic rings. The Kier molecular flexibility index (Phi) is 4.84. The third kappa shape index (κ3) is 3.37. The van der Waals surface area contributed by atoms with Crippen LogP contribution in [-0.2, 0) is 4.74 Å². The molecule has 1 aromatic carbocycles. The molecular formula is C26H26FN5O. The summed E-state index contributed by atoms with van der Waals surface area (Å²) in [4.78, 5) is 9.38. The molecule has 0 saturated carbocycles. The third-order valence-corrected chi connectivity index (χ3v) is 7.19. The number of alkyl halides is 1. The number of nitriles is 1. The Morgan fingerprint density at radius 3 is 2.97 bits per heavy atom. The standard InChI is InChI=1S/C26H26FN5O/c1-16-13-31(23-7-4-17(10-28)26-21(23)3-2-8-30-26)15-24-20-6-5-19(9-18(20)14-32(16)24)33-25-12-29-11-22(25)27/h2-5,7-9,16,22,25,29H,6,11-15H2,1H3/t16-,22+,25+/m1/s1. The van der Waals surface area contributed by atoms with Gasteiger partial charge in [0.15, 0.2) is 6.17 Å². The molecule has 3 aliphatic heterocycles. The van der Waals surface area contributed by atoms with Crippen molar-refractivity contribution in [2.24, 2.45) is 0 Å². The van der Waals surface area contributed by atoms with Gasteiger partial charge in [0.2, 0.25) is 0 Å². The number of hydrogen-bond acceptors (Lipinski definition) is 6. The summed E-state index contributed by atoms with van der Waals surface area (Å²) >= 11 is 0. The number of aromatic nitrogens is 1. The van der Waals surface area contributed by atoms with Crippen molar-refractivity contribution in [3.63, 3.8) is 0 Å². The van der Waals surface area contributed by atoms with E-state index >= 15 is 0 Å². The SMILES string of the molecule is C[C@@H]1CN(c2ccc(C#N)c3ncccc23)CC2=C3CC=C(O[C@H]4CNC[C@@H]4F)C=C3CN21. The van der Waals surface area contributed by atoms with E-state index in [9.17, 15) is 9.65 Å². The first-order valence-electron chi connectivity index (χ1n) is 11.6. The highest BCUT2D eigenvalue weighted by Crippen LogP contribution is 2.40. The zero-order chi connectivity index (χ0) is 22.5. The van der Waals surface area contributed by atoms with E-state index in [0.29, 0.717) is 24.7 Å². The lowest BCUT2D eigenvalue weighted by molar-refractivity contribution is 0.0813. The molecule has 2 saturated heterocycles. The number of nitrogens with zero attached hydrogens (tertiary/aromatic N) is 4. The summed E-state index contributed by atoms with van der Waals surface area (Å²) in [6.07, 6.45) is 5.38. The molecule has 168 valence electrons. The van der Waals surface area contributed by atoms with Crippen molar-refractivity contribution in [3.05, 3.63) is 70.8 Å². The van der Waals surface area contributed by atoms with Crippen LogP contribution in [0, 0.1) is 11.3 Å². The number of anilines is 1. The molecule has 3 atom stereocenters. The summed E-state index contributed by atoms with van der Waals surface area (Å²) in [5, 5.41) is 13.6. The largest absolute Gasteiger partial charge is 0.486 e. The molecule has 0 radical (unpaired) electrons. The predicted octanol–water partition coefficient (Wildman–Crippen LogP) is 3.43. The van der Waals surface area contributed by atoms with Crippen molar-refractivity contribution in [2.45, 2.75) is 31.7 Å². The van der Waals surface area contributed by atoms with Gasteiger partial charge in [-0.25, -0.2) is 4.39 Å². The van der Waals surface area contributed by atoms with Gasteiger partial charge in [-0.15, -0.1) is 0 Å². The van der Waals surface area contributed by atoms with Crippen molar-refractivity contribution >= 4 is 16.6 Å². The van der Waals surface area contributed by atoms with E-state index in [1.165, 1.54) is 16.8 Å². The van der Waals surface area contributed by atoms with Crippen molar-refractivity contribution in [3.8, 4) is 6.07 Å². The molecule has 1 N–H and O–H groups in total. The number of benzene rings is 1. The van der Waals surface area contributed by atoms with Crippen LogP contribution in [0.5, 0.6) is 0 Å². The van der Waals surface area contributed by atoms with E-state index in [-0.39, 0.29) is 0 Å². The van der Waals surface area contributed by atoms with Gasteiger partial charge in [0.1, 0.15) is 17.9 Å². The molecule has 0 bridgehead atoms. The van der Waals surface area contributed by atoms with E-state index in [2.05, 4.69) is 57.4 Å². The first-order chi connectivity index (χ1) is 16.1. The maximum absolute atomic E-state index is 14.0. The molecule has 0 spiro atoms. The number of ether oxygens (including phenoxy) is 1. The predicted molar refractivity (Wildman–Crippen MR) is 125 cm³/mol. The molecule has 1 aliphatic carbocycles. The fraction of sp³-hybridized carbons (Fsp3) is 0.385. The van der Waals surface area contributed by atoms with Crippen molar-refractivity contribution in [2.75, 3.05) is 37.6 Å². The average molecular weight is 444 g/mol. The lowest BCUT2D eigenvalue weighted by Gasteiger charge is -2.42. The van der Waals surface area contributed by atoms with Gasteiger partial charge in [-0.1, -0.05) is 0 Å². The number of allylic oxidation sites excluding steroid dienone is 2. The van der Waals surface area contributed by atoms with Crippen LogP contribution in [0.2, 0.25) is 0 Å². The van der Waals surface area contributed by atoms with E-state index in [1.807, 2.05) is 12.1 Å². The lowest BCUT2D eigenvalue weighted by Crippen LogP contribution is -2.49. The highest BCUT2D eigenvalue weighted by Gasteiger charge is 2.37. The maximum atomic E-state index is 14.0. The first kappa shape index (κ1) is 20.3. The molecule has 4 heterocycles. The minimum absolute atomic E-state index is 0.341. The molecule has 6 rings (SSSR count). The smallest absolute Gasteiger partial charge is 0.150 e. The molecule has 7 heteroatoms. The van der Waals surface area contributed by atoms with Crippen LogP contribution >= 0.6 is 0 Å². The summed E-state index contributed by atoms with van der Waals surface area (Å²) in [6, 6.07) is 10.5. The van der Waals surface area contributed by atoms with E-state index in [0.717, 1.165) is 48.4 Å². The van der Waals surface area contributed by atoms with E-state index in [4.69, 9.17) is 4.74 Å². The van der Waals surface area contributed by atoms with Gasteiger partial charge in [-0.2, -0.15) is 5.26 Å². The normalized spacial score (nSPS) is 26.6. The van der Waals surface area contributed by atoms with Crippen LogP contribution in [0.25, 0.3) is 10.9 Å². The van der Waals surface area contributed by atoms with Crippen LogP contribution in [0.3, 0.4) is 0 Å². The Bertz CT molecular complexity index is 1260. The van der Waals surface area contributed by atoms with Crippen LogP contribution in [0.15, 0.2) is 65.2 Å². The number of halogens is 1. The van der Waals surface area contributed by atoms with Crippen molar-refractivity contribution in [1.29, 1.82) is 5.26 Å². The van der Waals surface area contributed by atoms with Gasteiger partial charge in [-0.05, 0) is 60.9 Å². The number of pyridine rings is 1. The Hall–Kier alpha value is -3.37. The van der Waals surface area contributed by atoms with Gasteiger partial charge in [-0.3, -0.25) is 4.98 Å². The van der Waals surface area contributed by atoms with Crippen LogP contribution in [0.4, 0.5) is 10.1 Å². The number of hydrogen-bond donors (Lipinski definition) is 1. The fourth-order valence-corrected chi connectivity index (χ4v) is 5.52. The summed E-state index contributed by atoms with van der Waals surface area (Å²) in [5.41, 5.74) is 6.47. The topological polar surface area (TPSA) is 64.4 Å². The summed E-state index contributed by atoms with van der Waals surface area (Å²) < 4.78 is 20.0. The highest BCUT2D eigenvalue weighted by molar-refractivity contribution is 5.95. The maximum Gasteiger partial charge on any atom is 0.150 e. The van der Waals surface area contributed by atoms with Gasteiger partial charge in [0, 0.05) is 55.2 Å². The molecule has 6 nitrogen and oxygen atoms in total. The number of piperazine rings is 1. The molecule has 1 aromatic heterocycles. The molecule has 0 unspecified atom stereocenters. The summed E-state index contributed by atoms with van der Waals surface area (Å²) in [7, 11) is 0. The van der Waals surface area contributed by atoms with Gasteiger partial charge >= 0.3 is 0 Å². The minimum Gasteiger partial charge on any atom is -0.486 e. The second-order valence-corrected chi connectivity index (χ2v) is 9.24.